The summed E-state index contributed by atoms with van der Waals surface area (Å²) in [7, 11) is 0. The number of hydrogen-bond acceptors (Lipinski definition) is 3. The predicted octanol–water partition coefficient (Wildman–Crippen LogP) is 5.25. The third kappa shape index (κ3) is 4.64. The Hall–Kier alpha value is -1.26. The van der Waals surface area contributed by atoms with Gasteiger partial charge in [-0.3, -0.25) is 4.99 Å². The van der Waals surface area contributed by atoms with Crippen LogP contribution in [-0.4, -0.2) is 30.9 Å². The van der Waals surface area contributed by atoms with E-state index in [4.69, 9.17) is 39.5 Å². The van der Waals surface area contributed by atoms with E-state index in [0.717, 1.165) is 24.2 Å². The minimum atomic E-state index is -0.171. The zero-order valence-corrected chi connectivity index (χ0v) is 15.2. The Morgan fingerprint density at radius 2 is 1.79 bits per heavy atom. The van der Waals surface area contributed by atoms with Crippen molar-refractivity contribution in [1.29, 1.82) is 0 Å². The van der Waals surface area contributed by atoms with Crippen molar-refractivity contribution < 1.29 is 4.74 Å². The SMILES string of the molecule is Clc1ccc(COC(CN2C=NCC2)c2ccc(Cl)cc2Cl)cc1. The third-order valence-corrected chi connectivity index (χ3v) is 4.65. The zero-order valence-electron chi connectivity index (χ0n) is 13.0. The second kappa shape index (κ2) is 8.21. The van der Waals surface area contributed by atoms with Gasteiger partial charge < -0.3 is 9.64 Å². The van der Waals surface area contributed by atoms with Gasteiger partial charge in [-0.2, -0.15) is 0 Å². The lowest BCUT2D eigenvalue weighted by Crippen LogP contribution is -2.27. The highest BCUT2D eigenvalue weighted by Crippen LogP contribution is 2.30. The molecule has 0 aliphatic carbocycles. The molecule has 1 aliphatic rings. The molecule has 126 valence electrons. The molecule has 1 atom stereocenters. The van der Waals surface area contributed by atoms with Gasteiger partial charge in [0, 0.05) is 33.7 Å². The fraction of sp³-hybridized carbons (Fsp3) is 0.278. The van der Waals surface area contributed by atoms with Crippen LogP contribution in [0.1, 0.15) is 17.2 Å². The van der Waals surface area contributed by atoms with Crippen molar-refractivity contribution in [1.82, 2.24) is 4.90 Å². The summed E-state index contributed by atoms with van der Waals surface area (Å²) >= 11 is 18.3. The average Bonchev–Trinajstić information content (AvgIpc) is 3.06. The first-order chi connectivity index (χ1) is 11.6. The predicted molar refractivity (Wildman–Crippen MR) is 100 cm³/mol. The Bertz CT molecular complexity index is 719. The first kappa shape index (κ1) is 17.6. The highest BCUT2D eigenvalue weighted by molar-refractivity contribution is 6.35. The summed E-state index contributed by atoms with van der Waals surface area (Å²) < 4.78 is 6.16. The van der Waals surface area contributed by atoms with Crippen molar-refractivity contribution in [3.8, 4) is 0 Å². The van der Waals surface area contributed by atoms with Crippen LogP contribution in [0.2, 0.25) is 15.1 Å². The van der Waals surface area contributed by atoms with E-state index in [0.29, 0.717) is 28.2 Å². The molecule has 0 N–H and O–H groups in total. The topological polar surface area (TPSA) is 24.8 Å². The fourth-order valence-electron chi connectivity index (χ4n) is 2.55. The van der Waals surface area contributed by atoms with Crippen LogP contribution in [0.3, 0.4) is 0 Å². The normalized spacial score (nSPS) is 15.0. The van der Waals surface area contributed by atoms with E-state index >= 15 is 0 Å². The van der Waals surface area contributed by atoms with E-state index in [9.17, 15) is 0 Å². The third-order valence-electron chi connectivity index (χ3n) is 3.84. The lowest BCUT2D eigenvalue weighted by atomic mass is 10.1. The van der Waals surface area contributed by atoms with E-state index in [-0.39, 0.29) is 6.10 Å². The summed E-state index contributed by atoms with van der Waals surface area (Å²) in [5, 5.41) is 1.94. The van der Waals surface area contributed by atoms with Gasteiger partial charge in [-0.05, 0) is 29.8 Å². The minimum Gasteiger partial charge on any atom is -0.367 e. The quantitative estimate of drug-likeness (QED) is 0.680. The molecule has 24 heavy (non-hydrogen) atoms. The molecular formula is C18H17Cl3N2O. The number of halogens is 3. The zero-order chi connectivity index (χ0) is 16.9. The van der Waals surface area contributed by atoms with Gasteiger partial charge in [-0.15, -0.1) is 0 Å². The van der Waals surface area contributed by atoms with Crippen LogP contribution in [0, 0.1) is 0 Å². The Balaban J connectivity index is 1.75. The van der Waals surface area contributed by atoms with Gasteiger partial charge in [0.15, 0.2) is 0 Å². The molecule has 1 heterocycles. The molecule has 0 amide bonds. The van der Waals surface area contributed by atoms with Crippen LogP contribution < -0.4 is 0 Å². The van der Waals surface area contributed by atoms with Crippen LogP contribution in [-0.2, 0) is 11.3 Å². The molecule has 2 aromatic rings. The smallest absolute Gasteiger partial charge is 0.102 e. The van der Waals surface area contributed by atoms with Gasteiger partial charge in [-0.1, -0.05) is 53.0 Å². The first-order valence-corrected chi connectivity index (χ1v) is 8.80. The Morgan fingerprint density at radius 3 is 2.46 bits per heavy atom. The first-order valence-electron chi connectivity index (χ1n) is 7.67. The lowest BCUT2D eigenvalue weighted by Gasteiger charge is -2.24. The van der Waals surface area contributed by atoms with Crippen molar-refractivity contribution in [2.24, 2.45) is 4.99 Å². The van der Waals surface area contributed by atoms with Gasteiger partial charge in [0.25, 0.3) is 0 Å². The number of aliphatic imine (C=N–C) groups is 1. The second-order valence-corrected chi connectivity index (χ2v) is 6.89. The maximum absolute atomic E-state index is 6.38. The maximum Gasteiger partial charge on any atom is 0.102 e. The van der Waals surface area contributed by atoms with E-state index in [1.807, 2.05) is 42.7 Å². The molecule has 1 unspecified atom stereocenters. The van der Waals surface area contributed by atoms with E-state index in [1.165, 1.54) is 0 Å². The summed E-state index contributed by atoms with van der Waals surface area (Å²) in [5.74, 6) is 0. The largest absolute Gasteiger partial charge is 0.367 e. The fourth-order valence-corrected chi connectivity index (χ4v) is 3.21. The highest BCUT2D eigenvalue weighted by atomic mass is 35.5. The Labute approximate surface area is 156 Å². The summed E-state index contributed by atoms with van der Waals surface area (Å²) in [6.45, 7) is 2.88. The van der Waals surface area contributed by atoms with E-state index in [1.54, 1.807) is 6.07 Å². The van der Waals surface area contributed by atoms with Crippen molar-refractivity contribution in [3.63, 3.8) is 0 Å². The minimum absolute atomic E-state index is 0.171. The highest BCUT2D eigenvalue weighted by Gasteiger charge is 2.20. The molecule has 0 aromatic heterocycles. The number of ether oxygens (including phenoxy) is 1. The van der Waals surface area contributed by atoms with Crippen LogP contribution in [0.25, 0.3) is 0 Å². The van der Waals surface area contributed by atoms with Crippen LogP contribution in [0.15, 0.2) is 47.5 Å². The molecule has 0 radical (unpaired) electrons. The second-order valence-electron chi connectivity index (χ2n) is 5.61. The van der Waals surface area contributed by atoms with Crippen molar-refractivity contribution in [2.45, 2.75) is 12.7 Å². The van der Waals surface area contributed by atoms with Crippen LogP contribution >= 0.6 is 34.8 Å². The number of nitrogens with zero attached hydrogens (tertiary/aromatic N) is 2. The number of hydrogen-bond donors (Lipinski definition) is 0. The molecule has 0 saturated heterocycles. The average molecular weight is 384 g/mol. The lowest BCUT2D eigenvalue weighted by molar-refractivity contribution is 0.0277. The molecule has 0 bridgehead atoms. The molecule has 0 spiro atoms. The van der Waals surface area contributed by atoms with Gasteiger partial charge in [-0.25, -0.2) is 0 Å². The summed E-state index contributed by atoms with van der Waals surface area (Å²) in [5.41, 5.74) is 1.99. The molecule has 0 fully saturated rings. The van der Waals surface area contributed by atoms with E-state index < -0.39 is 0 Å². The van der Waals surface area contributed by atoms with Crippen molar-refractivity contribution >= 4 is 41.1 Å². The number of benzene rings is 2. The van der Waals surface area contributed by atoms with E-state index in [2.05, 4.69) is 9.89 Å². The van der Waals surface area contributed by atoms with Crippen LogP contribution in [0.5, 0.6) is 0 Å². The summed E-state index contributed by atoms with van der Waals surface area (Å²) in [6.07, 6.45) is 1.69. The van der Waals surface area contributed by atoms with Gasteiger partial charge in [0.05, 0.1) is 19.5 Å². The molecule has 0 saturated carbocycles. The Kier molecular flexibility index (Phi) is 6.01. The molecule has 3 nitrogen and oxygen atoms in total. The number of rotatable bonds is 6. The molecule has 2 aromatic carbocycles. The summed E-state index contributed by atoms with van der Waals surface area (Å²) in [4.78, 5) is 6.39. The van der Waals surface area contributed by atoms with Crippen LogP contribution in [0.4, 0.5) is 0 Å². The summed E-state index contributed by atoms with van der Waals surface area (Å²) in [6, 6.07) is 13.1. The standard InChI is InChI=1S/C18H17Cl3N2O/c19-14-3-1-13(2-4-14)11-24-18(10-23-8-7-22-12-23)16-6-5-15(20)9-17(16)21/h1-6,9,12,18H,7-8,10-11H2. The molecular weight excluding hydrogens is 367 g/mol. The Morgan fingerprint density at radius 1 is 1.04 bits per heavy atom. The molecule has 3 rings (SSSR count). The van der Waals surface area contributed by atoms with Gasteiger partial charge in [0.2, 0.25) is 0 Å². The molecule has 1 aliphatic heterocycles. The monoisotopic (exact) mass is 382 g/mol. The molecule has 6 heteroatoms. The van der Waals surface area contributed by atoms with Crippen molar-refractivity contribution in [3.05, 3.63) is 68.7 Å². The van der Waals surface area contributed by atoms with Gasteiger partial charge >= 0.3 is 0 Å². The van der Waals surface area contributed by atoms with Crippen molar-refractivity contribution in [2.75, 3.05) is 19.6 Å². The van der Waals surface area contributed by atoms with Gasteiger partial charge in [0.1, 0.15) is 6.10 Å². The maximum atomic E-state index is 6.38.